The normalized spacial score (nSPS) is 17.7. The quantitative estimate of drug-likeness (QED) is 0.697. The Bertz CT molecular complexity index is 483. The van der Waals surface area contributed by atoms with Gasteiger partial charge in [0.1, 0.15) is 5.82 Å². The summed E-state index contributed by atoms with van der Waals surface area (Å²) in [5.74, 6) is -0.209. The molecule has 0 radical (unpaired) electrons. The molecule has 78 valence electrons. The van der Waals surface area contributed by atoms with E-state index in [9.17, 15) is 4.39 Å². The summed E-state index contributed by atoms with van der Waals surface area (Å²) in [6.45, 7) is 0. The van der Waals surface area contributed by atoms with Gasteiger partial charge in [-0.2, -0.15) is 0 Å². The summed E-state index contributed by atoms with van der Waals surface area (Å²) in [6, 6.07) is 5.41. The van der Waals surface area contributed by atoms with Crippen molar-refractivity contribution in [3.63, 3.8) is 0 Å². The third-order valence-electron chi connectivity index (χ3n) is 3.25. The Hall–Kier alpha value is -1.38. The molecule has 15 heavy (non-hydrogen) atoms. The Labute approximate surface area is 87.7 Å². The van der Waals surface area contributed by atoms with Gasteiger partial charge in [0.05, 0.1) is 17.4 Å². The summed E-state index contributed by atoms with van der Waals surface area (Å²) in [6.07, 6.45) is 6.89. The molecular weight excluding hydrogens is 191 g/mol. The van der Waals surface area contributed by atoms with Gasteiger partial charge in [0.15, 0.2) is 0 Å². The lowest BCUT2D eigenvalue weighted by molar-refractivity contribution is 0.532. The minimum Gasteiger partial charge on any atom is -0.327 e. The first-order valence-corrected chi connectivity index (χ1v) is 5.47. The Kier molecular flexibility index (Phi) is 1.97. The average Bonchev–Trinajstić information content (AvgIpc) is 2.82. The summed E-state index contributed by atoms with van der Waals surface area (Å²) in [7, 11) is 0. The first kappa shape index (κ1) is 8.89. The molecule has 1 saturated carbocycles. The lowest BCUT2D eigenvalue weighted by atomic mass is 10.2. The van der Waals surface area contributed by atoms with Crippen molar-refractivity contribution in [1.82, 2.24) is 9.55 Å². The molecule has 0 N–H and O–H groups in total. The Morgan fingerprint density at radius 2 is 2.07 bits per heavy atom. The zero-order valence-electron chi connectivity index (χ0n) is 8.49. The summed E-state index contributed by atoms with van der Waals surface area (Å²) >= 11 is 0. The van der Waals surface area contributed by atoms with Crippen LogP contribution in [0.25, 0.3) is 11.0 Å². The van der Waals surface area contributed by atoms with E-state index in [1.54, 1.807) is 0 Å². The highest BCUT2D eigenvalue weighted by atomic mass is 19.1. The monoisotopic (exact) mass is 204 g/mol. The zero-order chi connectivity index (χ0) is 10.3. The second-order valence-corrected chi connectivity index (χ2v) is 4.22. The van der Waals surface area contributed by atoms with Gasteiger partial charge in [0, 0.05) is 12.1 Å². The minimum absolute atomic E-state index is 0.209. The maximum absolute atomic E-state index is 13.0. The number of fused-ring (bicyclic) bond motifs is 1. The first-order valence-electron chi connectivity index (χ1n) is 5.47. The molecule has 1 aliphatic rings. The maximum Gasteiger partial charge on any atom is 0.125 e. The van der Waals surface area contributed by atoms with E-state index < -0.39 is 0 Å². The fraction of sp³-hybridized carbons (Fsp3) is 0.417. The number of hydrogen-bond donors (Lipinski definition) is 0. The van der Waals surface area contributed by atoms with Gasteiger partial charge in [-0.15, -0.1) is 0 Å². The van der Waals surface area contributed by atoms with Crippen LogP contribution in [0.15, 0.2) is 24.5 Å². The second-order valence-electron chi connectivity index (χ2n) is 4.22. The van der Waals surface area contributed by atoms with Crippen molar-refractivity contribution >= 4 is 11.0 Å². The highest BCUT2D eigenvalue weighted by Crippen LogP contribution is 2.31. The molecule has 0 unspecified atom stereocenters. The van der Waals surface area contributed by atoms with Crippen molar-refractivity contribution in [3.05, 3.63) is 30.3 Å². The third kappa shape index (κ3) is 1.42. The van der Waals surface area contributed by atoms with Crippen LogP contribution < -0.4 is 0 Å². The lowest BCUT2D eigenvalue weighted by Gasteiger charge is -2.11. The van der Waals surface area contributed by atoms with E-state index in [2.05, 4.69) is 9.55 Å². The number of hydrogen-bond acceptors (Lipinski definition) is 1. The molecule has 0 amide bonds. The molecule has 3 rings (SSSR count). The van der Waals surface area contributed by atoms with Crippen molar-refractivity contribution in [2.24, 2.45) is 0 Å². The predicted molar refractivity (Wildman–Crippen MR) is 57.2 cm³/mol. The van der Waals surface area contributed by atoms with E-state index in [4.69, 9.17) is 0 Å². The maximum atomic E-state index is 13.0. The molecular formula is C12H13FN2. The van der Waals surface area contributed by atoms with Crippen molar-refractivity contribution in [1.29, 1.82) is 0 Å². The van der Waals surface area contributed by atoms with Crippen LogP contribution in [0.5, 0.6) is 0 Å². The van der Waals surface area contributed by atoms with Crippen LogP contribution in [0.3, 0.4) is 0 Å². The number of halogens is 1. The third-order valence-corrected chi connectivity index (χ3v) is 3.25. The number of aromatic nitrogens is 2. The number of imidazole rings is 1. The summed E-state index contributed by atoms with van der Waals surface area (Å²) in [4.78, 5) is 4.25. The van der Waals surface area contributed by atoms with E-state index in [1.165, 1.54) is 37.8 Å². The second kappa shape index (κ2) is 3.33. The molecule has 1 aromatic heterocycles. The van der Waals surface area contributed by atoms with Gasteiger partial charge >= 0.3 is 0 Å². The molecule has 0 spiro atoms. The summed E-state index contributed by atoms with van der Waals surface area (Å²) in [5.41, 5.74) is 1.82. The highest BCUT2D eigenvalue weighted by Gasteiger charge is 2.18. The molecule has 1 fully saturated rings. The van der Waals surface area contributed by atoms with Crippen molar-refractivity contribution in [3.8, 4) is 0 Å². The van der Waals surface area contributed by atoms with E-state index in [0.717, 1.165) is 11.0 Å². The Balaban J connectivity index is 2.11. The molecule has 0 bridgehead atoms. The molecule has 1 heterocycles. The summed E-state index contributed by atoms with van der Waals surface area (Å²) < 4.78 is 15.2. The van der Waals surface area contributed by atoms with Gasteiger partial charge in [0.2, 0.25) is 0 Å². The standard InChI is InChI=1S/C12H13FN2/c13-9-5-6-12-11(7-9)14-8-15(12)10-3-1-2-4-10/h5-8,10H,1-4H2. The van der Waals surface area contributed by atoms with Gasteiger partial charge in [-0.1, -0.05) is 12.8 Å². The Morgan fingerprint density at radius 1 is 1.27 bits per heavy atom. The topological polar surface area (TPSA) is 17.8 Å². The van der Waals surface area contributed by atoms with Gasteiger partial charge < -0.3 is 4.57 Å². The Morgan fingerprint density at radius 3 is 2.87 bits per heavy atom. The van der Waals surface area contributed by atoms with Crippen LogP contribution in [-0.4, -0.2) is 9.55 Å². The number of nitrogens with zero attached hydrogens (tertiary/aromatic N) is 2. The largest absolute Gasteiger partial charge is 0.327 e. The van der Waals surface area contributed by atoms with Gasteiger partial charge in [0.25, 0.3) is 0 Å². The van der Waals surface area contributed by atoms with E-state index in [0.29, 0.717) is 6.04 Å². The lowest BCUT2D eigenvalue weighted by Crippen LogP contribution is -2.02. The minimum atomic E-state index is -0.209. The van der Waals surface area contributed by atoms with Gasteiger partial charge in [-0.25, -0.2) is 9.37 Å². The van der Waals surface area contributed by atoms with Gasteiger partial charge in [-0.3, -0.25) is 0 Å². The van der Waals surface area contributed by atoms with Crippen LogP contribution in [0.1, 0.15) is 31.7 Å². The SMILES string of the molecule is Fc1ccc2c(c1)ncn2C1CCCC1. The van der Waals surface area contributed by atoms with E-state index in [1.807, 2.05) is 12.4 Å². The number of benzene rings is 1. The summed E-state index contributed by atoms with van der Waals surface area (Å²) in [5, 5.41) is 0. The fourth-order valence-corrected chi connectivity index (χ4v) is 2.48. The smallest absolute Gasteiger partial charge is 0.125 e. The van der Waals surface area contributed by atoms with E-state index >= 15 is 0 Å². The highest BCUT2D eigenvalue weighted by molar-refractivity contribution is 5.75. The molecule has 1 aromatic carbocycles. The molecule has 0 saturated heterocycles. The van der Waals surface area contributed by atoms with Crippen molar-refractivity contribution in [2.45, 2.75) is 31.7 Å². The molecule has 0 aliphatic heterocycles. The van der Waals surface area contributed by atoms with Crippen LogP contribution >= 0.6 is 0 Å². The first-order chi connectivity index (χ1) is 7.34. The van der Waals surface area contributed by atoms with Crippen LogP contribution in [0, 0.1) is 5.82 Å². The predicted octanol–water partition coefficient (Wildman–Crippen LogP) is 3.29. The van der Waals surface area contributed by atoms with E-state index in [-0.39, 0.29) is 5.82 Å². The molecule has 3 heteroatoms. The molecule has 2 nitrogen and oxygen atoms in total. The fourth-order valence-electron chi connectivity index (χ4n) is 2.48. The van der Waals surface area contributed by atoms with Crippen molar-refractivity contribution in [2.75, 3.05) is 0 Å². The van der Waals surface area contributed by atoms with Crippen molar-refractivity contribution < 1.29 is 4.39 Å². The molecule has 2 aromatic rings. The molecule has 0 atom stereocenters. The van der Waals surface area contributed by atoms with Crippen LogP contribution in [0.2, 0.25) is 0 Å². The molecule has 1 aliphatic carbocycles. The van der Waals surface area contributed by atoms with Crippen LogP contribution in [0.4, 0.5) is 4.39 Å². The average molecular weight is 204 g/mol. The zero-order valence-corrected chi connectivity index (χ0v) is 8.49. The van der Waals surface area contributed by atoms with Gasteiger partial charge in [-0.05, 0) is 25.0 Å². The number of rotatable bonds is 1. The van der Waals surface area contributed by atoms with Crippen LogP contribution in [-0.2, 0) is 0 Å².